The summed E-state index contributed by atoms with van der Waals surface area (Å²) in [6.45, 7) is 1.69. The molecule has 0 aliphatic rings. The van der Waals surface area contributed by atoms with Crippen molar-refractivity contribution in [3.05, 3.63) is 34.1 Å². The molecule has 0 aliphatic carbocycles. The Morgan fingerprint density at radius 3 is 2.75 bits per heavy atom. The fraction of sp³-hybridized carbons (Fsp3) is 0.250. The van der Waals surface area contributed by atoms with Gasteiger partial charge in [0.25, 0.3) is 0 Å². The maximum Gasteiger partial charge on any atom is 0.130 e. The van der Waals surface area contributed by atoms with Crippen LogP contribution in [0.4, 0.5) is 4.39 Å². The van der Waals surface area contributed by atoms with Gasteiger partial charge in [0.1, 0.15) is 11.9 Å². The summed E-state index contributed by atoms with van der Waals surface area (Å²) in [6.07, 6.45) is -0.418. The summed E-state index contributed by atoms with van der Waals surface area (Å²) in [5, 5.41) is 0. The summed E-state index contributed by atoms with van der Waals surface area (Å²) in [4.78, 5) is 4.50. The monoisotopic (exact) mass is 233 g/mol. The number of hydrogen-bond donors (Lipinski definition) is 1. The van der Waals surface area contributed by atoms with Crippen LogP contribution in [0.2, 0.25) is 0 Å². The van der Waals surface area contributed by atoms with E-state index in [4.69, 9.17) is 5.90 Å². The lowest BCUT2D eigenvalue weighted by molar-refractivity contribution is 0.0638. The Morgan fingerprint density at radius 1 is 1.58 bits per heavy atom. The zero-order valence-electron chi connectivity index (χ0n) is 6.55. The van der Waals surface area contributed by atoms with Crippen molar-refractivity contribution in [3.8, 4) is 0 Å². The lowest BCUT2D eigenvalue weighted by Crippen LogP contribution is -2.07. The highest BCUT2D eigenvalue weighted by Crippen LogP contribution is 2.21. The summed E-state index contributed by atoms with van der Waals surface area (Å²) < 4.78 is 13.8. The van der Waals surface area contributed by atoms with Gasteiger partial charge < -0.3 is 0 Å². The van der Waals surface area contributed by atoms with E-state index in [1.165, 1.54) is 6.07 Å². The predicted octanol–water partition coefficient (Wildman–Crippen LogP) is 2.54. The molecule has 2 N–H and O–H groups in total. The number of hydrogen-bond acceptors (Lipinski definition) is 2. The van der Waals surface area contributed by atoms with Gasteiger partial charge in [-0.25, -0.2) is 10.3 Å². The first-order chi connectivity index (χ1) is 5.65. The molecule has 0 spiro atoms. The van der Waals surface area contributed by atoms with Crippen LogP contribution >= 0.6 is 15.9 Å². The normalized spacial score (nSPS) is 13.0. The first-order valence-electron chi connectivity index (χ1n) is 3.45. The Bertz CT molecular complexity index is 280. The molecule has 66 valence electrons. The van der Waals surface area contributed by atoms with Crippen LogP contribution in [0.15, 0.2) is 22.7 Å². The molecule has 2 nitrogen and oxygen atoms in total. The molecule has 1 aromatic carbocycles. The van der Waals surface area contributed by atoms with Crippen molar-refractivity contribution in [1.29, 1.82) is 0 Å². The van der Waals surface area contributed by atoms with Gasteiger partial charge in [-0.05, 0) is 19.1 Å². The fourth-order valence-electron chi connectivity index (χ4n) is 0.904. The van der Waals surface area contributed by atoms with Gasteiger partial charge in [-0.1, -0.05) is 22.0 Å². The first kappa shape index (κ1) is 9.64. The van der Waals surface area contributed by atoms with Crippen LogP contribution in [0.3, 0.4) is 0 Å². The average molecular weight is 234 g/mol. The lowest BCUT2D eigenvalue weighted by Gasteiger charge is -2.09. The summed E-state index contributed by atoms with van der Waals surface area (Å²) in [7, 11) is 0. The number of halogens is 2. The average Bonchev–Trinajstić information content (AvgIpc) is 2.03. The van der Waals surface area contributed by atoms with Crippen LogP contribution in [0.1, 0.15) is 18.6 Å². The third kappa shape index (κ3) is 2.03. The molecule has 0 radical (unpaired) electrons. The molecule has 0 amide bonds. The molecular formula is C8H9BrFNO. The molecule has 1 atom stereocenters. The molecule has 0 saturated carbocycles. The van der Waals surface area contributed by atoms with Gasteiger partial charge >= 0.3 is 0 Å². The van der Waals surface area contributed by atoms with Crippen LogP contribution in [0.5, 0.6) is 0 Å². The Kier molecular flexibility index (Phi) is 3.20. The van der Waals surface area contributed by atoms with Gasteiger partial charge in [0.15, 0.2) is 0 Å². The summed E-state index contributed by atoms with van der Waals surface area (Å²) in [5.74, 6) is 4.62. The Morgan fingerprint density at radius 2 is 2.25 bits per heavy atom. The minimum Gasteiger partial charge on any atom is -0.297 e. The standard InChI is InChI=1S/C8H9BrFNO/c1-5(12-11)7-3-2-6(9)4-8(7)10/h2-5H,11H2,1H3. The zero-order valence-corrected chi connectivity index (χ0v) is 8.14. The lowest BCUT2D eigenvalue weighted by atomic mass is 10.1. The maximum absolute atomic E-state index is 13.1. The van der Waals surface area contributed by atoms with Gasteiger partial charge in [0.2, 0.25) is 0 Å². The van der Waals surface area contributed by atoms with E-state index in [1.807, 2.05) is 0 Å². The van der Waals surface area contributed by atoms with E-state index in [-0.39, 0.29) is 5.82 Å². The van der Waals surface area contributed by atoms with E-state index in [2.05, 4.69) is 20.8 Å². The maximum atomic E-state index is 13.1. The van der Waals surface area contributed by atoms with Gasteiger partial charge in [0, 0.05) is 10.0 Å². The second kappa shape index (κ2) is 3.98. The van der Waals surface area contributed by atoms with Crippen molar-refractivity contribution in [3.63, 3.8) is 0 Å². The molecule has 4 heteroatoms. The van der Waals surface area contributed by atoms with Crippen molar-refractivity contribution in [2.24, 2.45) is 5.90 Å². The van der Waals surface area contributed by atoms with Crippen LogP contribution in [0.25, 0.3) is 0 Å². The summed E-state index contributed by atoms with van der Waals surface area (Å²) in [6, 6.07) is 4.76. The first-order valence-corrected chi connectivity index (χ1v) is 4.25. The fourth-order valence-corrected chi connectivity index (χ4v) is 1.24. The van der Waals surface area contributed by atoms with Gasteiger partial charge in [-0.3, -0.25) is 4.84 Å². The van der Waals surface area contributed by atoms with Crippen LogP contribution in [-0.2, 0) is 4.84 Å². The summed E-state index contributed by atoms with van der Waals surface area (Å²) in [5.41, 5.74) is 0.459. The topological polar surface area (TPSA) is 35.2 Å². The largest absolute Gasteiger partial charge is 0.297 e. The third-order valence-corrected chi connectivity index (χ3v) is 2.10. The molecule has 1 aromatic rings. The van der Waals surface area contributed by atoms with E-state index in [0.29, 0.717) is 10.0 Å². The highest BCUT2D eigenvalue weighted by molar-refractivity contribution is 9.10. The van der Waals surface area contributed by atoms with E-state index in [1.54, 1.807) is 19.1 Å². The molecule has 1 rings (SSSR count). The number of nitrogens with two attached hydrogens (primary N) is 1. The van der Waals surface area contributed by atoms with E-state index >= 15 is 0 Å². The highest BCUT2D eigenvalue weighted by Gasteiger charge is 2.09. The Hall–Kier alpha value is -0.450. The van der Waals surface area contributed by atoms with Gasteiger partial charge in [0.05, 0.1) is 0 Å². The predicted molar refractivity (Wildman–Crippen MR) is 47.8 cm³/mol. The second-order valence-electron chi connectivity index (χ2n) is 2.44. The molecule has 0 aliphatic heterocycles. The van der Waals surface area contributed by atoms with Crippen molar-refractivity contribution < 1.29 is 9.23 Å². The van der Waals surface area contributed by atoms with Crippen LogP contribution in [-0.4, -0.2) is 0 Å². The van der Waals surface area contributed by atoms with E-state index in [9.17, 15) is 4.39 Å². The van der Waals surface area contributed by atoms with Crippen molar-refractivity contribution in [2.75, 3.05) is 0 Å². The molecule has 0 saturated heterocycles. The molecule has 0 fully saturated rings. The van der Waals surface area contributed by atoms with Crippen LogP contribution in [0, 0.1) is 5.82 Å². The van der Waals surface area contributed by atoms with E-state index in [0.717, 1.165) is 0 Å². The van der Waals surface area contributed by atoms with Gasteiger partial charge in [-0.2, -0.15) is 0 Å². The molecule has 0 aromatic heterocycles. The summed E-state index contributed by atoms with van der Waals surface area (Å²) >= 11 is 3.16. The number of rotatable bonds is 2. The Balaban J connectivity index is 3.01. The van der Waals surface area contributed by atoms with E-state index < -0.39 is 6.10 Å². The molecule has 1 unspecified atom stereocenters. The minimum absolute atomic E-state index is 0.317. The molecular weight excluding hydrogens is 225 g/mol. The molecule has 0 bridgehead atoms. The van der Waals surface area contributed by atoms with Crippen molar-refractivity contribution in [2.45, 2.75) is 13.0 Å². The van der Waals surface area contributed by atoms with Crippen molar-refractivity contribution in [1.82, 2.24) is 0 Å². The molecule has 0 heterocycles. The SMILES string of the molecule is CC(ON)c1ccc(Br)cc1F. The smallest absolute Gasteiger partial charge is 0.130 e. The quantitative estimate of drug-likeness (QED) is 0.798. The number of benzene rings is 1. The van der Waals surface area contributed by atoms with Crippen molar-refractivity contribution >= 4 is 15.9 Å². The minimum atomic E-state index is -0.418. The highest BCUT2D eigenvalue weighted by atomic mass is 79.9. The zero-order chi connectivity index (χ0) is 9.14. The van der Waals surface area contributed by atoms with Gasteiger partial charge in [-0.15, -0.1) is 0 Å². The second-order valence-corrected chi connectivity index (χ2v) is 3.36. The Labute approximate surface area is 78.6 Å². The third-order valence-electron chi connectivity index (χ3n) is 1.60. The molecule has 12 heavy (non-hydrogen) atoms. The van der Waals surface area contributed by atoms with Crippen LogP contribution < -0.4 is 5.90 Å².